The van der Waals surface area contributed by atoms with Gasteiger partial charge >= 0.3 is 0 Å². The van der Waals surface area contributed by atoms with Gasteiger partial charge in [0.05, 0.1) is 11.1 Å². The van der Waals surface area contributed by atoms with E-state index in [1.807, 2.05) is 0 Å². The summed E-state index contributed by atoms with van der Waals surface area (Å²) in [6.45, 7) is 2.66. The average molecular weight is 326 g/mol. The molecule has 104 valence electrons. The molecule has 19 heavy (non-hydrogen) atoms. The summed E-state index contributed by atoms with van der Waals surface area (Å²) in [6.07, 6.45) is 7.67. The molecule has 5 heteroatoms. The first-order chi connectivity index (χ1) is 9.07. The Balaban J connectivity index is 2.16. The Morgan fingerprint density at radius 1 is 1.58 bits per heavy atom. The number of amides is 1. The minimum absolute atomic E-state index is 0.0898. The van der Waals surface area contributed by atoms with E-state index in [4.69, 9.17) is 5.73 Å². The molecular formula is C14H20BrN3O. The molecule has 1 aromatic rings. The number of aromatic nitrogens is 1. The van der Waals surface area contributed by atoms with E-state index in [-0.39, 0.29) is 11.4 Å². The molecule has 1 amide bonds. The van der Waals surface area contributed by atoms with Crippen LogP contribution >= 0.6 is 15.9 Å². The van der Waals surface area contributed by atoms with Crippen LogP contribution in [-0.2, 0) is 0 Å². The molecule has 1 aromatic heterocycles. The zero-order valence-electron chi connectivity index (χ0n) is 11.2. The summed E-state index contributed by atoms with van der Waals surface area (Å²) in [5, 5.41) is 3.15. The van der Waals surface area contributed by atoms with Crippen LogP contribution in [0.4, 0.5) is 0 Å². The Morgan fingerprint density at radius 3 is 3.00 bits per heavy atom. The minimum atomic E-state index is -0.266. The number of rotatable bonds is 3. The largest absolute Gasteiger partial charge is 0.345 e. The van der Waals surface area contributed by atoms with Crippen molar-refractivity contribution in [2.24, 2.45) is 11.7 Å². The molecule has 0 aliphatic heterocycles. The van der Waals surface area contributed by atoms with Crippen LogP contribution < -0.4 is 11.1 Å². The van der Waals surface area contributed by atoms with Crippen molar-refractivity contribution in [2.75, 3.05) is 6.54 Å². The molecule has 3 N–H and O–H groups in total. The molecule has 2 rings (SSSR count). The van der Waals surface area contributed by atoms with E-state index >= 15 is 0 Å². The van der Waals surface area contributed by atoms with Gasteiger partial charge in [-0.15, -0.1) is 0 Å². The molecule has 2 unspecified atom stereocenters. The van der Waals surface area contributed by atoms with Gasteiger partial charge in [0.15, 0.2) is 0 Å². The maximum atomic E-state index is 12.3. The molecule has 4 nitrogen and oxygen atoms in total. The van der Waals surface area contributed by atoms with Gasteiger partial charge in [-0.3, -0.25) is 9.78 Å². The zero-order chi connectivity index (χ0) is 13.9. The van der Waals surface area contributed by atoms with Crippen LogP contribution in [0.2, 0.25) is 0 Å². The summed E-state index contributed by atoms with van der Waals surface area (Å²) < 4.78 is 0.804. The van der Waals surface area contributed by atoms with E-state index in [0.717, 1.165) is 23.7 Å². The van der Waals surface area contributed by atoms with E-state index in [1.165, 1.54) is 6.42 Å². The molecule has 1 aliphatic rings. The van der Waals surface area contributed by atoms with Crippen LogP contribution in [-0.4, -0.2) is 23.0 Å². The fraction of sp³-hybridized carbons (Fsp3) is 0.571. The SMILES string of the molecule is CC1CCCCC1(CN)NC(=O)c1cncc(Br)c1. The van der Waals surface area contributed by atoms with Crippen molar-refractivity contribution in [1.29, 1.82) is 0 Å². The molecule has 0 bridgehead atoms. The summed E-state index contributed by atoms with van der Waals surface area (Å²) in [5.74, 6) is 0.323. The maximum Gasteiger partial charge on any atom is 0.253 e. The van der Waals surface area contributed by atoms with Gasteiger partial charge < -0.3 is 11.1 Å². The van der Waals surface area contributed by atoms with Crippen molar-refractivity contribution in [3.63, 3.8) is 0 Å². The summed E-state index contributed by atoms with van der Waals surface area (Å²) in [5.41, 5.74) is 6.25. The standard InChI is InChI=1S/C14H20BrN3O/c1-10-4-2-3-5-14(10,9-16)18-13(19)11-6-12(15)8-17-7-11/h6-8,10H,2-5,9,16H2,1H3,(H,18,19). The number of hydrogen-bond donors (Lipinski definition) is 2. The topological polar surface area (TPSA) is 68.0 Å². The van der Waals surface area contributed by atoms with Gasteiger partial charge in [0.2, 0.25) is 0 Å². The van der Waals surface area contributed by atoms with Gasteiger partial charge in [-0.25, -0.2) is 0 Å². The second-order valence-corrected chi connectivity index (χ2v) is 6.27. The van der Waals surface area contributed by atoms with E-state index < -0.39 is 0 Å². The lowest BCUT2D eigenvalue weighted by Gasteiger charge is -2.42. The lowest BCUT2D eigenvalue weighted by molar-refractivity contribution is 0.0812. The first-order valence-electron chi connectivity index (χ1n) is 6.70. The number of halogens is 1. The van der Waals surface area contributed by atoms with Gasteiger partial charge in [-0.05, 0) is 40.8 Å². The number of pyridine rings is 1. The van der Waals surface area contributed by atoms with Crippen molar-refractivity contribution in [1.82, 2.24) is 10.3 Å². The number of nitrogens with one attached hydrogen (secondary N) is 1. The Bertz CT molecular complexity index is 466. The number of carbonyl (C=O) groups is 1. The maximum absolute atomic E-state index is 12.3. The van der Waals surface area contributed by atoms with Crippen LogP contribution in [0, 0.1) is 5.92 Å². The molecule has 0 saturated heterocycles. The lowest BCUT2D eigenvalue weighted by atomic mass is 9.73. The van der Waals surface area contributed by atoms with Crippen molar-refractivity contribution < 1.29 is 4.79 Å². The van der Waals surface area contributed by atoms with Gasteiger partial charge in [0.1, 0.15) is 0 Å². The molecule has 0 aromatic carbocycles. The summed E-state index contributed by atoms with van der Waals surface area (Å²) >= 11 is 3.33. The fourth-order valence-electron chi connectivity index (χ4n) is 2.79. The molecule has 1 fully saturated rings. The molecule has 1 aliphatic carbocycles. The van der Waals surface area contributed by atoms with Crippen LogP contribution in [0.15, 0.2) is 22.9 Å². The van der Waals surface area contributed by atoms with Gasteiger partial charge in [0.25, 0.3) is 5.91 Å². The highest BCUT2D eigenvalue weighted by Crippen LogP contribution is 2.33. The van der Waals surface area contributed by atoms with Gasteiger partial charge in [0, 0.05) is 23.4 Å². The highest BCUT2D eigenvalue weighted by molar-refractivity contribution is 9.10. The Labute approximate surface area is 122 Å². The molecular weight excluding hydrogens is 306 g/mol. The van der Waals surface area contributed by atoms with Crippen molar-refractivity contribution in [3.05, 3.63) is 28.5 Å². The second kappa shape index (κ2) is 6.01. The van der Waals surface area contributed by atoms with Crippen molar-refractivity contribution in [2.45, 2.75) is 38.1 Å². The molecule has 0 spiro atoms. The predicted octanol–water partition coefficient (Wildman–Crippen LogP) is 2.48. The summed E-state index contributed by atoms with van der Waals surface area (Å²) in [4.78, 5) is 16.4. The van der Waals surface area contributed by atoms with Crippen LogP contribution in [0.1, 0.15) is 43.0 Å². The van der Waals surface area contributed by atoms with E-state index in [0.29, 0.717) is 18.0 Å². The third-order valence-corrected chi connectivity index (χ3v) is 4.58. The highest BCUT2D eigenvalue weighted by atomic mass is 79.9. The molecule has 2 atom stereocenters. The molecule has 1 heterocycles. The first-order valence-corrected chi connectivity index (χ1v) is 7.50. The Hall–Kier alpha value is -0.940. The van der Waals surface area contributed by atoms with E-state index in [9.17, 15) is 4.79 Å². The summed E-state index contributed by atoms with van der Waals surface area (Å²) in [7, 11) is 0. The number of carbonyl (C=O) groups excluding carboxylic acids is 1. The molecule has 1 saturated carbocycles. The monoisotopic (exact) mass is 325 g/mol. The lowest BCUT2D eigenvalue weighted by Crippen LogP contribution is -2.59. The quantitative estimate of drug-likeness (QED) is 0.897. The van der Waals surface area contributed by atoms with E-state index in [1.54, 1.807) is 18.5 Å². The third-order valence-electron chi connectivity index (χ3n) is 4.15. The number of hydrogen-bond acceptors (Lipinski definition) is 3. The molecule has 0 radical (unpaired) electrons. The smallest absolute Gasteiger partial charge is 0.253 e. The average Bonchev–Trinajstić information content (AvgIpc) is 2.41. The van der Waals surface area contributed by atoms with Crippen LogP contribution in [0.25, 0.3) is 0 Å². The van der Waals surface area contributed by atoms with Crippen LogP contribution in [0.3, 0.4) is 0 Å². The fourth-order valence-corrected chi connectivity index (χ4v) is 3.15. The summed E-state index contributed by atoms with van der Waals surface area (Å²) in [6, 6.07) is 1.78. The number of nitrogens with two attached hydrogens (primary N) is 1. The van der Waals surface area contributed by atoms with Gasteiger partial charge in [-0.1, -0.05) is 19.8 Å². The van der Waals surface area contributed by atoms with Crippen molar-refractivity contribution >= 4 is 21.8 Å². The highest BCUT2D eigenvalue weighted by Gasteiger charge is 2.38. The van der Waals surface area contributed by atoms with Crippen molar-refractivity contribution in [3.8, 4) is 0 Å². The van der Waals surface area contributed by atoms with Crippen LogP contribution in [0.5, 0.6) is 0 Å². The number of nitrogens with zero attached hydrogens (tertiary/aromatic N) is 1. The zero-order valence-corrected chi connectivity index (χ0v) is 12.7. The third kappa shape index (κ3) is 3.15. The first kappa shape index (κ1) is 14.5. The normalized spacial score (nSPS) is 27.0. The predicted molar refractivity (Wildman–Crippen MR) is 78.8 cm³/mol. The minimum Gasteiger partial charge on any atom is -0.345 e. The Morgan fingerprint density at radius 2 is 2.37 bits per heavy atom. The Kier molecular flexibility index (Phi) is 4.58. The van der Waals surface area contributed by atoms with E-state index in [2.05, 4.69) is 33.2 Å². The second-order valence-electron chi connectivity index (χ2n) is 5.35. The van der Waals surface area contributed by atoms with Gasteiger partial charge in [-0.2, -0.15) is 0 Å².